The molecule has 0 radical (unpaired) electrons. The molecule has 5 heteroatoms. The average Bonchev–Trinajstić information content (AvgIpc) is 2.88. The van der Waals surface area contributed by atoms with Crippen molar-refractivity contribution in [2.24, 2.45) is 0 Å². The van der Waals surface area contributed by atoms with Crippen molar-refractivity contribution in [3.05, 3.63) is 60.5 Å². The summed E-state index contributed by atoms with van der Waals surface area (Å²) < 4.78 is 40.0. The quantitative estimate of drug-likeness (QED) is 0.587. The molecule has 2 nitrogen and oxygen atoms in total. The third kappa shape index (κ3) is 3.08. The predicted molar refractivity (Wildman–Crippen MR) is 78.6 cm³/mol. The van der Waals surface area contributed by atoms with Crippen LogP contribution in [0.3, 0.4) is 0 Å². The van der Waals surface area contributed by atoms with E-state index in [1.807, 2.05) is 0 Å². The minimum Gasteiger partial charge on any atom is -0.332 e. The van der Waals surface area contributed by atoms with Crippen molar-refractivity contribution in [1.29, 1.82) is 0 Å². The van der Waals surface area contributed by atoms with Gasteiger partial charge in [0, 0.05) is 12.5 Å². The summed E-state index contributed by atoms with van der Waals surface area (Å²) in [5.41, 5.74) is 0.278. The van der Waals surface area contributed by atoms with E-state index in [0.717, 1.165) is 12.1 Å². The zero-order chi connectivity index (χ0) is 16.3. The number of halogens is 3. The molecule has 2 rings (SSSR count). The Bertz CT molecular complexity index is 577. The summed E-state index contributed by atoms with van der Waals surface area (Å²) in [6, 6.07) is 1.41. The second-order valence-corrected chi connectivity index (χ2v) is 5.36. The molecule has 0 bridgehead atoms. The maximum atomic E-state index is 13.5. The van der Waals surface area contributed by atoms with Crippen LogP contribution >= 0.6 is 0 Å². The number of likely N-dealkylation sites (tertiary alicyclic amines) is 1. The molecule has 1 amide bonds. The largest absolute Gasteiger partial charge is 0.332 e. The van der Waals surface area contributed by atoms with Gasteiger partial charge in [-0.3, -0.25) is 4.79 Å². The SMILES string of the molecule is C=CCC(=O)N1[C@@H](CC=C)CC[C@H]1c1cc(F)c(F)c(F)c1. The van der Waals surface area contributed by atoms with E-state index in [0.29, 0.717) is 19.3 Å². The Morgan fingerprint density at radius 2 is 1.82 bits per heavy atom. The number of hydrogen-bond acceptors (Lipinski definition) is 1. The van der Waals surface area contributed by atoms with Crippen LogP contribution in [0, 0.1) is 17.5 Å². The molecule has 1 aromatic rings. The molecule has 22 heavy (non-hydrogen) atoms. The van der Waals surface area contributed by atoms with Gasteiger partial charge in [0.25, 0.3) is 0 Å². The first-order chi connectivity index (χ1) is 10.5. The third-order valence-electron chi connectivity index (χ3n) is 3.94. The highest BCUT2D eigenvalue weighted by molar-refractivity contribution is 5.78. The van der Waals surface area contributed by atoms with Crippen LogP contribution in [-0.2, 0) is 4.79 Å². The Balaban J connectivity index is 2.37. The number of rotatable bonds is 5. The normalized spacial score (nSPS) is 21.0. The fourth-order valence-corrected chi connectivity index (χ4v) is 3.01. The molecule has 0 unspecified atom stereocenters. The Hall–Kier alpha value is -2.04. The van der Waals surface area contributed by atoms with Gasteiger partial charge in [-0.15, -0.1) is 13.2 Å². The van der Waals surface area contributed by atoms with Crippen molar-refractivity contribution in [1.82, 2.24) is 4.90 Å². The van der Waals surface area contributed by atoms with E-state index in [9.17, 15) is 18.0 Å². The summed E-state index contributed by atoms with van der Waals surface area (Å²) in [6.45, 7) is 7.22. The van der Waals surface area contributed by atoms with E-state index in [1.54, 1.807) is 11.0 Å². The molecule has 1 fully saturated rings. The standard InChI is InChI=1S/C17H18F3NO/c1-3-5-12-7-8-15(21(12)16(22)6-4-2)11-9-13(18)17(20)14(19)10-11/h3-4,9-10,12,15H,1-2,5-8H2/t12-,15-/m0/s1. The summed E-state index contributed by atoms with van der Waals surface area (Å²) >= 11 is 0. The van der Waals surface area contributed by atoms with Crippen molar-refractivity contribution >= 4 is 5.91 Å². The molecule has 0 spiro atoms. The second kappa shape index (κ2) is 6.81. The number of hydrogen-bond donors (Lipinski definition) is 0. The zero-order valence-electron chi connectivity index (χ0n) is 12.2. The van der Waals surface area contributed by atoms with Crippen LogP contribution < -0.4 is 0 Å². The highest BCUT2D eigenvalue weighted by Gasteiger charge is 2.37. The lowest BCUT2D eigenvalue weighted by Crippen LogP contribution is -2.36. The lowest BCUT2D eigenvalue weighted by Gasteiger charge is -2.30. The maximum absolute atomic E-state index is 13.5. The molecule has 1 aliphatic rings. The Morgan fingerprint density at radius 3 is 2.36 bits per heavy atom. The molecule has 1 aromatic carbocycles. The highest BCUT2D eigenvalue weighted by atomic mass is 19.2. The van der Waals surface area contributed by atoms with Gasteiger partial charge in [0.15, 0.2) is 17.5 Å². The molecular weight excluding hydrogens is 291 g/mol. The van der Waals surface area contributed by atoms with Crippen LogP contribution in [-0.4, -0.2) is 16.8 Å². The van der Waals surface area contributed by atoms with Crippen molar-refractivity contribution in [3.8, 4) is 0 Å². The first-order valence-corrected chi connectivity index (χ1v) is 7.17. The Labute approximate surface area is 127 Å². The zero-order valence-corrected chi connectivity index (χ0v) is 12.2. The number of nitrogens with zero attached hydrogens (tertiary/aromatic N) is 1. The summed E-state index contributed by atoms with van der Waals surface area (Å²) in [4.78, 5) is 13.9. The number of benzene rings is 1. The van der Waals surface area contributed by atoms with Crippen LogP contribution in [0.4, 0.5) is 13.2 Å². The topological polar surface area (TPSA) is 20.3 Å². The van der Waals surface area contributed by atoms with Crippen LogP contribution in [0.5, 0.6) is 0 Å². The second-order valence-electron chi connectivity index (χ2n) is 5.36. The van der Waals surface area contributed by atoms with Gasteiger partial charge in [0.2, 0.25) is 5.91 Å². The van der Waals surface area contributed by atoms with Crippen LogP contribution in [0.25, 0.3) is 0 Å². The fourth-order valence-electron chi connectivity index (χ4n) is 3.01. The van der Waals surface area contributed by atoms with Gasteiger partial charge >= 0.3 is 0 Å². The molecule has 0 aromatic heterocycles. The number of carbonyl (C=O) groups is 1. The van der Waals surface area contributed by atoms with Gasteiger partial charge in [-0.05, 0) is 37.0 Å². The van der Waals surface area contributed by atoms with Crippen molar-refractivity contribution in [3.63, 3.8) is 0 Å². The summed E-state index contributed by atoms with van der Waals surface area (Å²) in [6.07, 6.45) is 5.25. The number of carbonyl (C=O) groups excluding carboxylic acids is 1. The number of amides is 1. The molecule has 0 saturated carbocycles. The molecule has 1 aliphatic heterocycles. The minimum absolute atomic E-state index is 0.0638. The maximum Gasteiger partial charge on any atom is 0.227 e. The molecular formula is C17H18F3NO. The van der Waals surface area contributed by atoms with Gasteiger partial charge in [0.1, 0.15) is 0 Å². The van der Waals surface area contributed by atoms with E-state index in [2.05, 4.69) is 13.2 Å². The highest BCUT2D eigenvalue weighted by Crippen LogP contribution is 2.38. The predicted octanol–water partition coefficient (Wildman–Crippen LogP) is 4.29. The van der Waals surface area contributed by atoms with Crippen LogP contribution in [0.15, 0.2) is 37.4 Å². The molecule has 118 valence electrons. The minimum atomic E-state index is -1.49. The summed E-state index contributed by atoms with van der Waals surface area (Å²) in [7, 11) is 0. The van der Waals surface area contributed by atoms with Gasteiger partial charge in [-0.25, -0.2) is 13.2 Å². The smallest absolute Gasteiger partial charge is 0.227 e. The van der Waals surface area contributed by atoms with Crippen molar-refractivity contribution in [2.45, 2.75) is 37.8 Å². The lowest BCUT2D eigenvalue weighted by atomic mass is 10.0. The Morgan fingerprint density at radius 1 is 1.18 bits per heavy atom. The van der Waals surface area contributed by atoms with Crippen LogP contribution in [0.1, 0.15) is 37.3 Å². The van der Waals surface area contributed by atoms with E-state index < -0.39 is 23.5 Å². The molecule has 2 atom stereocenters. The van der Waals surface area contributed by atoms with Crippen LogP contribution in [0.2, 0.25) is 0 Å². The Kier molecular flexibility index (Phi) is 5.06. The monoisotopic (exact) mass is 309 g/mol. The molecule has 0 N–H and O–H groups in total. The van der Waals surface area contributed by atoms with Crippen molar-refractivity contribution in [2.75, 3.05) is 0 Å². The van der Waals surface area contributed by atoms with E-state index in [1.165, 1.54) is 6.08 Å². The van der Waals surface area contributed by atoms with E-state index >= 15 is 0 Å². The summed E-state index contributed by atoms with van der Waals surface area (Å²) in [5, 5.41) is 0. The van der Waals surface area contributed by atoms with Gasteiger partial charge in [-0.1, -0.05) is 12.2 Å². The average molecular weight is 309 g/mol. The molecule has 0 aliphatic carbocycles. The van der Waals surface area contributed by atoms with Gasteiger partial charge < -0.3 is 4.90 Å². The van der Waals surface area contributed by atoms with Gasteiger partial charge in [-0.2, -0.15) is 0 Å². The lowest BCUT2D eigenvalue weighted by molar-refractivity contribution is -0.133. The van der Waals surface area contributed by atoms with Crippen molar-refractivity contribution < 1.29 is 18.0 Å². The first-order valence-electron chi connectivity index (χ1n) is 7.17. The van der Waals surface area contributed by atoms with Gasteiger partial charge in [0.05, 0.1) is 6.04 Å². The van der Waals surface area contributed by atoms with E-state index in [4.69, 9.17) is 0 Å². The summed E-state index contributed by atoms with van der Waals surface area (Å²) in [5.74, 6) is -4.13. The molecule has 1 saturated heterocycles. The first kappa shape index (κ1) is 16.3. The van der Waals surface area contributed by atoms with E-state index in [-0.39, 0.29) is 23.9 Å². The third-order valence-corrected chi connectivity index (χ3v) is 3.94. The fraction of sp³-hybridized carbons (Fsp3) is 0.353. The molecule has 1 heterocycles.